The minimum absolute atomic E-state index is 0.117. The number of likely N-dealkylation sites (tertiary alicyclic amines) is 2. The van der Waals surface area contributed by atoms with E-state index in [1.54, 1.807) is 0 Å². The first-order valence-corrected chi connectivity index (χ1v) is 12.0. The molecule has 0 saturated carbocycles. The van der Waals surface area contributed by atoms with E-state index in [0.717, 1.165) is 62.7 Å². The van der Waals surface area contributed by atoms with Crippen LogP contribution < -0.4 is 5.32 Å². The van der Waals surface area contributed by atoms with Crippen LogP contribution in [-0.2, 0) is 4.79 Å². The summed E-state index contributed by atoms with van der Waals surface area (Å²) < 4.78 is 6.04. The van der Waals surface area contributed by atoms with Gasteiger partial charge in [0.2, 0.25) is 11.8 Å². The third-order valence-corrected chi connectivity index (χ3v) is 6.79. The van der Waals surface area contributed by atoms with Gasteiger partial charge in [0, 0.05) is 18.0 Å². The Morgan fingerprint density at radius 1 is 1.13 bits per heavy atom. The minimum Gasteiger partial charge on any atom is -0.439 e. The van der Waals surface area contributed by atoms with E-state index in [9.17, 15) is 4.79 Å². The Bertz CT molecular complexity index is 808. The molecule has 1 unspecified atom stereocenters. The summed E-state index contributed by atoms with van der Waals surface area (Å²) in [5.74, 6) is 1.91. The molecule has 1 atom stereocenters. The van der Waals surface area contributed by atoms with Crippen molar-refractivity contribution in [2.45, 2.75) is 51.5 Å². The van der Waals surface area contributed by atoms with Crippen LogP contribution in [0.2, 0.25) is 0 Å². The maximum absolute atomic E-state index is 12.6. The average molecular weight is 425 g/mol. The lowest BCUT2D eigenvalue weighted by Gasteiger charge is -2.34. The highest BCUT2D eigenvalue weighted by molar-refractivity contribution is 5.78. The second-order valence-corrected chi connectivity index (χ2v) is 8.96. The molecule has 4 rings (SSSR count). The van der Waals surface area contributed by atoms with E-state index in [2.05, 4.69) is 27.0 Å². The van der Waals surface area contributed by atoms with Crippen molar-refractivity contribution in [1.82, 2.24) is 20.1 Å². The number of carbonyl (C=O) groups is 1. The van der Waals surface area contributed by atoms with Crippen molar-refractivity contribution in [3.63, 3.8) is 0 Å². The van der Waals surface area contributed by atoms with Gasteiger partial charge in [-0.3, -0.25) is 9.69 Å². The predicted octanol–water partition coefficient (Wildman–Crippen LogP) is 4.11. The highest BCUT2D eigenvalue weighted by Gasteiger charge is 2.29. The molecule has 0 bridgehead atoms. The summed E-state index contributed by atoms with van der Waals surface area (Å²) in [4.78, 5) is 22.0. The highest BCUT2D eigenvalue weighted by Crippen LogP contribution is 2.29. The molecule has 1 N–H and O–H groups in total. The zero-order valence-electron chi connectivity index (χ0n) is 18.8. The zero-order chi connectivity index (χ0) is 21.5. The lowest BCUT2D eigenvalue weighted by molar-refractivity contribution is -0.126. The van der Waals surface area contributed by atoms with Gasteiger partial charge in [-0.2, -0.15) is 0 Å². The molecule has 2 aliphatic rings. The van der Waals surface area contributed by atoms with Gasteiger partial charge in [-0.1, -0.05) is 36.8 Å². The van der Waals surface area contributed by atoms with Crippen molar-refractivity contribution in [3.8, 4) is 11.3 Å². The van der Waals surface area contributed by atoms with Crippen molar-refractivity contribution < 1.29 is 9.21 Å². The zero-order valence-corrected chi connectivity index (χ0v) is 18.8. The van der Waals surface area contributed by atoms with E-state index < -0.39 is 0 Å². The first-order valence-electron chi connectivity index (χ1n) is 12.0. The number of piperidine rings is 2. The molecule has 2 aromatic rings. The van der Waals surface area contributed by atoms with Crippen molar-refractivity contribution in [2.24, 2.45) is 5.92 Å². The van der Waals surface area contributed by atoms with E-state index in [4.69, 9.17) is 4.42 Å². The monoisotopic (exact) mass is 424 g/mol. The fourth-order valence-corrected chi connectivity index (χ4v) is 4.76. The number of amides is 1. The Morgan fingerprint density at radius 2 is 1.87 bits per heavy atom. The summed E-state index contributed by atoms with van der Waals surface area (Å²) in [7, 11) is 0. The summed E-state index contributed by atoms with van der Waals surface area (Å²) in [5.41, 5.74) is 1.05. The second-order valence-electron chi connectivity index (χ2n) is 8.96. The number of benzene rings is 1. The van der Waals surface area contributed by atoms with Crippen LogP contribution in [0.5, 0.6) is 0 Å². The molecular weight excluding hydrogens is 388 g/mol. The quantitative estimate of drug-likeness (QED) is 0.646. The Hall–Kier alpha value is -2.18. The van der Waals surface area contributed by atoms with Crippen LogP contribution in [0, 0.1) is 5.92 Å². The molecule has 6 nitrogen and oxygen atoms in total. The Kier molecular flexibility index (Phi) is 7.76. The minimum atomic E-state index is 0.117. The van der Waals surface area contributed by atoms with Crippen LogP contribution in [0.25, 0.3) is 11.3 Å². The molecule has 0 aliphatic carbocycles. The molecule has 1 aromatic heterocycles. The number of oxazole rings is 1. The molecular formula is C25H36N4O2. The third kappa shape index (κ3) is 5.95. The molecule has 31 heavy (non-hydrogen) atoms. The molecule has 0 radical (unpaired) electrons. The maximum atomic E-state index is 12.6. The maximum Gasteiger partial charge on any atom is 0.223 e. The Labute approximate surface area is 186 Å². The van der Waals surface area contributed by atoms with Crippen LogP contribution >= 0.6 is 0 Å². The summed E-state index contributed by atoms with van der Waals surface area (Å²) in [6.45, 7) is 8.29. The normalized spacial score (nSPS) is 19.9. The van der Waals surface area contributed by atoms with Gasteiger partial charge in [0.05, 0.1) is 12.2 Å². The van der Waals surface area contributed by atoms with Gasteiger partial charge in [-0.05, 0) is 71.8 Å². The molecule has 2 fully saturated rings. The van der Waals surface area contributed by atoms with Gasteiger partial charge >= 0.3 is 0 Å². The number of nitrogens with one attached hydrogen (secondary N) is 1. The van der Waals surface area contributed by atoms with E-state index in [1.165, 1.54) is 32.4 Å². The number of aromatic nitrogens is 1. The van der Waals surface area contributed by atoms with Gasteiger partial charge in [0.25, 0.3) is 0 Å². The standard InChI is InChI=1S/C25H36N4O2/c1-20(25-27-19-23(31-25)21-9-4-2-5-10-21)29-17-11-22(12-18-29)24(30)26-13-8-16-28-14-6-3-7-15-28/h2,4-5,9-10,19-20,22H,3,6-8,11-18H2,1H3,(H,26,30). The van der Waals surface area contributed by atoms with E-state index in [0.29, 0.717) is 0 Å². The smallest absolute Gasteiger partial charge is 0.223 e. The molecule has 2 aliphatic heterocycles. The summed E-state index contributed by atoms with van der Waals surface area (Å²) in [6, 6.07) is 10.2. The number of nitrogens with zero attached hydrogens (tertiary/aromatic N) is 3. The van der Waals surface area contributed by atoms with Crippen molar-refractivity contribution >= 4 is 5.91 Å². The second kappa shape index (κ2) is 10.9. The Balaban J connectivity index is 1.18. The molecule has 2 saturated heterocycles. The highest BCUT2D eigenvalue weighted by atomic mass is 16.4. The van der Waals surface area contributed by atoms with Gasteiger partial charge < -0.3 is 14.6 Å². The van der Waals surface area contributed by atoms with Gasteiger partial charge in [0.15, 0.2) is 5.76 Å². The number of rotatable bonds is 8. The van der Waals surface area contributed by atoms with Crippen molar-refractivity contribution in [3.05, 3.63) is 42.4 Å². The Morgan fingerprint density at radius 3 is 2.61 bits per heavy atom. The fraction of sp³-hybridized carbons (Fsp3) is 0.600. The molecule has 0 spiro atoms. The van der Waals surface area contributed by atoms with E-state index in [1.807, 2.05) is 36.5 Å². The SMILES string of the molecule is CC(c1ncc(-c2ccccc2)o1)N1CCC(C(=O)NCCCN2CCCCC2)CC1. The molecule has 1 aromatic carbocycles. The lowest BCUT2D eigenvalue weighted by Crippen LogP contribution is -2.42. The van der Waals surface area contributed by atoms with Crippen molar-refractivity contribution in [1.29, 1.82) is 0 Å². The fourth-order valence-electron chi connectivity index (χ4n) is 4.76. The summed E-state index contributed by atoms with van der Waals surface area (Å²) in [5, 5.41) is 3.17. The predicted molar refractivity (Wildman–Crippen MR) is 123 cm³/mol. The van der Waals surface area contributed by atoms with Crippen LogP contribution in [-0.4, -0.2) is 60.0 Å². The van der Waals surface area contributed by atoms with E-state index >= 15 is 0 Å². The van der Waals surface area contributed by atoms with Crippen LogP contribution in [0.15, 0.2) is 40.9 Å². The molecule has 6 heteroatoms. The van der Waals surface area contributed by atoms with Gasteiger partial charge in [-0.25, -0.2) is 4.98 Å². The third-order valence-electron chi connectivity index (χ3n) is 6.79. The largest absolute Gasteiger partial charge is 0.439 e. The molecule has 3 heterocycles. The topological polar surface area (TPSA) is 61.6 Å². The number of hydrogen-bond acceptors (Lipinski definition) is 5. The molecule has 168 valence electrons. The number of hydrogen-bond donors (Lipinski definition) is 1. The first kappa shape index (κ1) is 22.0. The lowest BCUT2D eigenvalue weighted by atomic mass is 9.95. The summed E-state index contributed by atoms with van der Waals surface area (Å²) in [6.07, 6.45) is 8.67. The van der Waals surface area contributed by atoms with Gasteiger partial charge in [0.1, 0.15) is 0 Å². The first-order chi connectivity index (χ1) is 15.2. The van der Waals surface area contributed by atoms with Crippen LogP contribution in [0.3, 0.4) is 0 Å². The van der Waals surface area contributed by atoms with E-state index in [-0.39, 0.29) is 17.9 Å². The van der Waals surface area contributed by atoms with Crippen LogP contribution in [0.1, 0.15) is 57.4 Å². The summed E-state index contributed by atoms with van der Waals surface area (Å²) >= 11 is 0. The van der Waals surface area contributed by atoms with Gasteiger partial charge in [-0.15, -0.1) is 0 Å². The average Bonchev–Trinajstić information content (AvgIpc) is 3.33. The number of carbonyl (C=O) groups excluding carboxylic acids is 1. The van der Waals surface area contributed by atoms with Crippen LogP contribution in [0.4, 0.5) is 0 Å². The van der Waals surface area contributed by atoms with Crippen molar-refractivity contribution in [2.75, 3.05) is 39.3 Å². The molecule has 1 amide bonds.